The Bertz CT molecular complexity index is 754. The molecule has 0 saturated carbocycles. The Morgan fingerprint density at radius 3 is 2.73 bits per heavy atom. The van der Waals surface area contributed by atoms with Gasteiger partial charge in [-0.2, -0.15) is 5.10 Å². The molecule has 2 heterocycles. The minimum atomic E-state index is -0.111. The Kier molecular flexibility index (Phi) is 5.32. The van der Waals surface area contributed by atoms with Gasteiger partial charge in [0.1, 0.15) is 0 Å². The number of benzene rings is 1. The van der Waals surface area contributed by atoms with Crippen molar-refractivity contribution in [3.05, 3.63) is 42.2 Å². The molecule has 1 unspecified atom stereocenters. The summed E-state index contributed by atoms with van der Waals surface area (Å²) in [5, 5.41) is 4.54. The molecule has 0 radical (unpaired) electrons. The minimum Gasteiger partial charge on any atom is -0.489 e. The lowest BCUT2D eigenvalue weighted by atomic mass is 9.79. The summed E-state index contributed by atoms with van der Waals surface area (Å²) in [4.78, 5) is 15.0. The van der Waals surface area contributed by atoms with Gasteiger partial charge < -0.3 is 15.4 Å². The Morgan fingerprint density at radius 2 is 2.08 bits per heavy atom. The molecule has 1 aliphatic heterocycles. The molecule has 6 heteroatoms. The lowest BCUT2D eigenvalue weighted by Crippen LogP contribution is -2.54. The highest BCUT2D eigenvalue weighted by Gasteiger charge is 2.37. The van der Waals surface area contributed by atoms with Crippen LogP contribution >= 0.6 is 0 Å². The lowest BCUT2D eigenvalue weighted by Gasteiger charge is -2.42. The van der Waals surface area contributed by atoms with Gasteiger partial charge in [-0.3, -0.25) is 4.79 Å². The molecule has 1 aromatic carbocycles. The molecule has 1 atom stereocenters. The number of carbonyl (C=O) groups is 1. The van der Waals surface area contributed by atoms with E-state index in [1.165, 1.54) is 0 Å². The summed E-state index contributed by atoms with van der Waals surface area (Å²) >= 11 is 0. The second kappa shape index (κ2) is 7.50. The summed E-state index contributed by atoms with van der Waals surface area (Å²) < 4.78 is 7.53. The van der Waals surface area contributed by atoms with Crippen molar-refractivity contribution in [2.24, 2.45) is 11.1 Å². The number of rotatable bonds is 5. The fourth-order valence-electron chi connectivity index (χ4n) is 3.23. The summed E-state index contributed by atoms with van der Waals surface area (Å²) in [7, 11) is 0. The van der Waals surface area contributed by atoms with Crippen molar-refractivity contribution in [1.82, 2.24) is 14.7 Å². The first kappa shape index (κ1) is 18.5. The topological polar surface area (TPSA) is 73.4 Å². The van der Waals surface area contributed by atoms with E-state index in [1.54, 1.807) is 10.9 Å². The second-order valence-corrected chi connectivity index (χ2v) is 7.58. The summed E-state index contributed by atoms with van der Waals surface area (Å²) in [6, 6.07) is 9.84. The van der Waals surface area contributed by atoms with Gasteiger partial charge in [-0.15, -0.1) is 0 Å². The number of likely N-dealkylation sites (tertiary alicyclic amines) is 1. The van der Waals surface area contributed by atoms with E-state index in [0.29, 0.717) is 31.1 Å². The third-order valence-electron chi connectivity index (χ3n) is 4.97. The van der Waals surface area contributed by atoms with Crippen LogP contribution in [-0.4, -0.2) is 46.3 Å². The van der Waals surface area contributed by atoms with Crippen molar-refractivity contribution in [3.63, 3.8) is 0 Å². The van der Waals surface area contributed by atoms with Crippen molar-refractivity contribution in [1.29, 1.82) is 0 Å². The molecular formula is C20H28N4O2. The highest BCUT2D eigenvalue weighted by atomic mass is 16.5. The summed E-state index contributed by atoms with van der Waals surface area (Å²) in [6.07, 6.45) is 3.46. The normalized spacial score (nSPS) is 19.4. The van der Waals surface area contributed by atoms with Crippen LogP contribution in [0.2, 0.25) is 0 Å². The van der Waals surface area contributed by atoms with E-state index >= 15 is 0 Å². The number of ether oxygens (including phenoxy) is 1. The maximum absolute atomic E-state index is 13.2. The zero-order chi connectivity index (χ0) is 18.7. The Labute approximate surface area is 154 Å². The molecule has 0 aliphatic carbocycles. The van der Waals surface area contributed by atoms with Gasteiger partial charge in [0.05, 0.1) is 18.5 Å². The molecule has 140 valence electrons. The molecule has 1 saturated heterocycles. The molecule has 3 rings (SSSR count). The maximum atomic E-state index is 13.2. The molecule has 26 heavy (non-hydrogen) atoms. The highest BCUT2D eigenvalue weighted by molar-refractivity contribution is 5.95. The van der Waals surface area contributed by atoms with Gasteiger partial charge in [0.2, 0.25) is 0 Å². The first-order valence-electron chi connectivity index (χ1n) is 9.25. The number of hydrogen-bond acceptors (Lipinski definition) is 4. The SMILES string of the molecule is CCCOc1cn(-c2ccccc2)nc1C(=O)N1CCC(N)C(C)(C)C1. The van der Waals surface area contributed by atoms with E-state index in [0.717, 1.165) is 18.5 Å². The molecule has 2 aromatic rings. The summed E-state index contributed by atoms with van der Waals surface area (Å²) in [5.74, 6) is 0.444. The number of nitrogens with zero attached hydrogens (tertiary/aromatic N) is 3. The average Bonchev–Trinajstić information content (AvgIpc) is 3.06. The Balaban J connectivity index is 1.90. The molecular weight excluding hydrogens is 328 g/mol. The molecule has 6 nitrogen and oxygen atoms in total. The molecule has 1 fully saturated rings. The standard InChI is InChI=1S/C20H28N4O2/c1-4-12-26-16-13-24(15-8-6-5-7-9-15)22-18(16)19(25)23-11-10-17(21)20(2,3)14-23/h5-9,13,17H,4,10-12,14,21H2,1-3H3. The molecule has 1 amide bonds. The number of carbonyl (C=O) groups excluding carboxylic acids is 1. The monoisotopic (exact) mass is 356 g/mol. The summed E-state index contributed by atoms with van der Waals surface area (Å²) in [5.41, 5.74) is 7.36. The van der Waals surface area contributed by atoms with Crippen molar-refractivity contribution in [2.45, 2.75) is 39.7 Å². The fourth-order valence-corrected chi connectivity index (χ4v) is 3.23. The van der Waals surface area contributed by atoms with Crippen LogP contribution in [0.1, 0.15) is 44.1 Å². The first-order valence-corrected chi connectivity index (χ1v) is 9.25. The third-order valence-corrected chi connectivity index (χ3v) is 4.97. The number of aromatic nitrogens is 2. The number of nitrogens with two attached hydrogens (primary N) is 1. The molecule has 2 N–H and O–H groups in total. The van der Waals surface area contributed by atoms with Crippen LogP contribution in [0.15, 0.2) is 36.5 Å². The van der Waals surface area contributed by atoms with E-state index in [2.05, 4.69) is 18.9 Å². The van der Waals surface area contributed by atoms with Crippen molar-refractivity contribution >= 4 is 5.91 Å². The Morgan fingerprint density at radius 1 is 1.35 bits per heavy atom. The van der Waals surface area contributed by atoms with Gasteiger partial charge in [0, 0.05) is 19.1 Å². The van der Waals surface area contributed by atoms with Crippen molar-refractivity contribution in [3.8, 4) is 11.4 Å². The third kappa shape index (κ3) is 3.75. The molecule has 0 bridgehead atoms. The minimum absolute atomic E-state index is 0.0919. The number of para-hydroxylation sites is 1. The number of piperidine rings is 1. The van der Waals surface area contributed by atoms with Gasteiger partial charge >= 0.3 is 0 Å². The van der Waals surface area contributed by atoms with Crippen molar-refractivity contribution in [2.75, 3.05) is 19.7 Å². The average molecular weight is 356 g/mol. The predicted molar refractivity (Wildman–Crippen MR) is 102 cm³/mol. The van der Waals surface area contributed by atoms with Crippen LogP contribution in [0.3, 0.4) is 0 Å². The fraction of sp³-hybridized carbons (Fsp3) is 0.500. The smallest absolute Gasteiger partial charge is 0.278 e. The van der Waals surface area contributed by atoms with Gasteiger partial charge in [-0.25, -0.2) is 4.68 Å². The second-order valence-electron chi connectivity index (χ2n) is 7.58. The van der Waals surface area contributed by atoms with Crippen LogP contribution in [0.5, 0.6) is 5.75 Å². The molecule has 0 spiro atoms. The number of hydrogen-bond donors (Lipinski definition) is 1. The van der Waals surface area contributed by atoms with Crippen LogP contribution in [-0.2, 0) is 0 Å². The van der Waals surface area contributed by atoms with Crippen molar-refractivity contribution < 1.29 is 9.53 Å². The largest absolute Gasteiger partial charge is 0.489 e. The van der Waals surface area contributed by atoms with E-state index in [9.17, 15) is 4.79 Å². The Hall–Kier alpha value is -2.34. The summed E-state index contributed by atoms with van der Waals surface area (Å²) in [6.45, 7) is 8.07. The van der Waals surface area contributed by atoms with Crippen LogP contribution in [0, 0.1) is 5.41 Å². The van der Waals surface area contributed by atoms with E-state index in [1.807, 2.05) is 42.2 Å². The van der Waals surface area contributed by atoms with Crippen LogP contribution in [0.25, 0.3) is 5.69 Å². The van der Waals surface area contributed by atoms with Gasteiger partial charge in [-0.05, 0) is 30.4 Å². The lowest BCUT2D eigenvalue weighted by molar-refractivity contribution is 0.0523. The van der Waals surface area contributed by atoms with Gasteiger partial charge in [0.25, 0.3) is 5.91 Å². The van der Waals surface area contributed by atoms with E-state index < -0.39 is 0 Å². The van der Waals surface area contributed by atoms with E-state index in [4.69, 9.17) is 10.5 Å². The van der Waals surface area contributed by atoms with E-state index in [-0.39, 0.29) is 17.4 Å². The first-order chi connectivity index (χ1) is 12.4. The van der Waals surface area contributed by atoms with Crippen LogP contribution in [0.4, 0.5) is 0 Å². The predicted octanol–water partition coefficient (Wildman–Crippen LogP) is 2.86. The van der Waals surface area contributed by atoms with Crippen LogP contribution < -0.4 is 10.5 Å². The molecule has 1 aliphatic rings. The van der Waals surface area contributed by atoms with Gasteiger partial charge in [-0.1, -0.05) is 39.0 Å². The van der Waals surface area contributed by atoms with Gasteiger partial charge in [0.15, 0.2) is 11.4 Å². The zero-order valence-electron chi connectivity index (χ0n) is 15.8. The zero-order valence-corrected chi connectivity index (χ0v) is 15.8. The maximum Gasteiger partial charge on any atom is 0.278 e. The quantitative estimate of drug-likeness (QED) is 0.894. The highest BCUT2D eigenvalue weighted by Crippen LogP contribution is 2.30. The number of amides is 1. The molecule has 1 aromatic heterocycles.